The molecule has 0 unspecified atom stereocenters. The van der Waals surface area contributed by atoms with Gasteiger partial charge in [0, 0.05) is 6.61 Å². The minimum absolute atomic E-state index is 0.124. The van der Waals surface area contributed by atoms with Crippen LogP contribution in [0, 0.1) is 5.82 Å². The highest BCUT2D eigenvalue weighted by Crippen LogP contribution is 2.30. The Hall–Kier alpha value is -1.09. The smallest absolute Gasteiger partial charge is 0.123 e. The van der Waals surface area contributed by atoms with Crippen LogP contribution in [0.4, 0.5) is 4.39 Å². The molecule has 0 spiro atoms. The molecule has 0 heterocycles. The molecule has 1 aliphatic rings. The van der Waals surface area contributed by atoms with E-state index in [0.717, 1.165) is 24.2 Å². The number of benzene rings is 1. The SMILES string of the molecule is OCCCc1cc(F)ccc1OC1CC1. The molecule has 1 saturated carbocycles. The first-order chi connectivity index (χ1) is 7.29. The maximum atomic E-state index is 13.0. The van der Waals surface area contributed by atoms with Crippen molar-refractivity contribution < 1.29 is 14.2 Å². The average Bonchev–Trinajstić information content (AvgIpc) is 3.02. The molecule has 0 saturated heterocycles. The van der Waals surface area contributed by atoms with E-state index in [4.69, 9.17) is 9.84 Å². The van der Waals surface area contributed by atoms with Crippen LogP contribution in [0.2, 0.25) is 0 Å². The van der Waals surface area contributed by atoms with E-state index in [-0.39, 0.29) is 12.4 Å². The van der Waals surface area contributed by atoms with Gasteiger partial charge in [0.25, 0.3) is 0 Å². The predicted octanol–water partition coefficient (Wildman–Crippen LogP) is 2.29. The van der Waals surface area contributed by atoms with Crippen LogP contribution in [-0.4, -0.2) is 17.8 Å². The van der Waals surface area contributed by atoms with Gasteiger partial charge in [-0.1, -0.05) is 0 Å². The van der Waals surface area contributed by atoms with Crippen molar-refractivity contribution in [2.24, 2.45) is 0 Å². The van der Waals surface area contributed by atoms with E-state index in [9.17, 15) is 4.39 Å². The summed E-state index contributed by atoms with van der Waals surface area (Å²) in [6.07, 6.45) is 3.82. The molecule has 2 rings (SSSR count). The minimum Gasteiger partial charge on any atom is -0.490 e. The van der Waals surface area contributed by atoms with Gasteiger partial charge in [0.2, 0.25) is 0 Å². The molecular formula is C12H15FO2. The van der Waals surface area contributed by atoms with Crippen LogP contribution < -0.4 is 4.74 Å². The molecule has 2 nitrogen and oxygen atoms in total. The fourth-order valence-corrected chi connectivity index (χ4v) is 1.49. The highest BCUT2D eigenvalue weighted by Gasteiger charge is 2.24. The molecular weight excluding hydrogens is 195 g/mol. The Kier molecular flexibility index (Phi) is 3.21. The Morgan fingerprint density at radius 3 is 2.87 bits per heavy atom. The van der Waals surface area contributed by atoms with Crippen molar-refractivity contribution in [1.29, 1.82) is 0 Å². The van der Waals surface area contributed by atoms with Gasteiger partial charge < -0.3 is 9.84 Å². The average molecular weight is 210 g/mol. The van der Waals surface area contributed by atoms with Crippen LogP contribution in [0.15, 0.2) is 18.2 Å². The van der Waals surface area contributed by atoms with Crippen LogP contribution >= 0.6 is 0 Å². The van der Waals surface area contributed by atoms with E-state index in [2.05, 4.69) is 0 Å². The summed E-state index contributed by atoms with van der Waals surface area (Å²) in [5, 5.41) is 8.75. The van der Waals surface area contributed by atoms with E-state index in [1.165, 1.54) is 12.1 Å². The Morgan fingerprint density at radius 2 is 2.20 bits per heavy atom. The predicted molar refractivity (Wildman–Crippen MR) is 55.5 cm³/mol. The number of aliphatic hydroxyl groups is 1. The molecule has 0 aliphatic heterocycles. The zero-order valence-corrected chi connectivity index (χ0v) is 8.58. The standard InChI is InChI=1S/C12H15FO2/c13-10-3-6-12(15-11-4-5-11)9(8-10)2-1-7-14/h3,6,8,11,14H,1-2,4-5,7H2. The van der Waals surface area contributed by atoms with Gasteiger partial charge in [-0.15, -0.1) is 0 Å². The summed E-state index contributed by atoms with van der Waals surface area (Å²) in [6, 6.07) is 4.59. The lowest BCUT2D eigenvalue weighted by molar-refractivity contribution is 0.282. The Morgan fingerprint density at radius 1 is 1.40 bits per heavy atom. The molecule has 0 amide bonds. The van der Waals surface area contributed by atoms with Crippen molar-refractivity contribution in [3.8, 4) is 5.75 Å². The normalized spacial score (nSPS) is 15.3. The van der Waals surface area contributed by atoms with Crippen LogP contribution in [0.3, 0.4) is 0 Å². The third kappa shape index (κ3) is 2.93. The quantitative estimate of drug-likeness (QED) is 0.808. The molecule has 1 fully saturated rings. The van der Waals surface area contributed by atoms with Crippen molar-refractivity contribution in [2.75, 3.05) is 6.61 Å². The zero-order chi connectivity index (χ0) is 10.7. The van der Waals surface area contributed by atoms with E-state index in [1.54, 1.807) is 6.07 Å². The second kappa shape index (κ2) is 4.62. The molecule has 1 aromatic carbocycles. The summed E-state index contributed by atoms with van der Waals surface area (Å²) >= 11 is 0. The zero-order valence-electron chi connectivity index (χ0n) is 8.58. The first-order valence-corrected chi connectivity index (χ1v) is 5.35. The summed E-state index contributed by atoms with van der Waals surface area (Å²) in [4.78, 5) is 0. The molecule has 0 bridgehead atoms. The Bertz CT molecular complexity index is 334. The molecule has 1 aromatic rings. The fraction of sp³-hybridized carbons (Fsp3) is 0.500. The summed E-state index contributed by atoms with van der Waals surface area (Å²) in [7, 11) is 0. The Labute approximate surface area is 88.7 Å². The number of ether oxygens (including phenoxy) is 1. The maximum absolute atomic E-state index is 13.0. The van der Waals surface area contributed by atoms with E-state index in [0.29, 0.717) is 18.9 Å². The number of hydrogen-bond donors (Lipinski definition) is 1. The van der Waals surface area contributed by atoms with Crippen molar-refractivity contribution in [2.45, 2.75) is 31.8 Å². The Balaban J connectivity index is 2.10. The second-order valence-electron chi connectivity index (χ2n) is 3.90. The molecule has 0 aromatic heterocycles. The lowest BCUT2D eigenvalue weighted by Crippen LogP contribution is -2.01. The summed E-state index contributed by atoms with van der Waals surface area (Å²) in [5.74, 6) is 0.526. The van der Waals surface area contributed by atoms with Crippen LogP contribution in [-0.2, 0) is 6.42 Å². The van der Waals surface area contributed by atoms with Crippen molar-refractivity contribution in [1.82, 2.24) is 0 Å². The topological polar surface area (TPSA) is 29.5 Å². The summed E-state index contributed by atoms with van der Waals surface area (Å²) < 4.78 is 18.7. The van der Waals surface area contributed by atoms with E-state index in [1.807, 2.05) is 0 Å². The van der Waals surface area contributed by atoms with Crippen LogP contribution in [0.1, 0.15) is 24.8 Å². The van der Waals surface area contributed by atoms with Gasteiger partial charge in [-0.05, 0) is 49.4 Å². The monoisotopic (exact) mass is 210 g/mol. The third-order valence-electron chi connectivity index (χ3n) is 2.44. The number of rotatable bonds is 5. The number of aliphatic hydroxyl groups excluding tert-OH is 1. The number of aryl methyl sites for hydroxylation is 1. The highest BCUT2D eigenvalue weighted by molar-refractivity contribution is 5.34. The van der Waals surface area contributed by atoms with Crippen molar-refractivity contribution in [3.05, 3.63) is 29.6 Å². The fourth-order valence-electron chi connectivity index (χ4n) is 1.49. The second-order valence-corrected chi connectivity index (χ2v) is 3.90. The third-order valence-corrected chi connectivity index (χ3v) is 2.44. The van der Waals surface area contributed by atoms with Gasteiger partial charge in [-0.25, -0.2) is 4.39 Å². The molecule has 1 aliphatic carbocycles. The number of hydrogen-bond acceptors (Lipinski definition) is 2. The van der Waals surface area contributed by atoms with Gasteiger partial charge in [0.15, 0.2) is 0 Å². The van der Waals surface area contributed by atoms with Crippen molar-refractivity contribution >= 4 is 0 Å². The van der Waals surface area contributed by atoms with Gasteiger partial charge in [-0.3, -0.25) is 0 Å². The number of halogens is 1. The van der Waals surface area contributed by atoms with Crippen LogP contribution in [0.25, 0.3) is 0 Å². The van der Waals surface area contributed by atoms with Crippen molar-refractivity contribution in [3.63, 3.8) is 0 Å². The summed E-state index contributed by atoms with van der Waals surface area (Å²) in [5.41, 5.74) is 0.857. The van der Waals surface area contributed by atoms with Gasteiger partial charge in [-0.2, -0.15) is 0 Å². The van der Waals surface area contributed by atoms with Gasteiger partial charge >= 0.3 is 0 Å². The minimum atomic E-state index is -0.244. The van der Waals surface area contributed by atoms with Gasteiger partial charge in [0.1, 0.15) is 11.6 Å². The first-order valence-electron chi connectivity index (χ1n) is 5.35. The van der Waals surface area contributed by atoms with E-state index >= 15 is 0 Å². The maximum Gasteiger partial charge on any atom is 0.123 e. The van der Waals surface area contributed by atoms with Crippen LogP contribution in [0.5, 0.6) is 5.75 Å². The largest absolute Gasteiger partial charge is 0.490 e. The first kappa shape index (κ1) is 10.4. The molecule has 0 radical (unpaired) electrons. The van der Waals surface area contributed by atoms with Gasteiger partial charge in [0.05, 0.1) is 6.10 Å². The van der Waals surface area contributed by atoms with E-state index < -0.39 is 0 Å². The molecule has 1 N–H and O–H groups in total. The highest BCUT2D eigenvalue weighted by atomic mass is 19.1. The lowest BCUT2D eigenvalue weighted by atomic mass is 10.1. The summed E-state index contributed by atoms with van der Waals surface area (Å²) in [6.45, 7) is 0.124. The lowest BCUT2D eigenvalue weighted by Gasteiger charge is -2.10. The molecule has 0 atom stereocenters. The molecule has 3 heteroatoms. The molecule has 15 heavy (non-hydrogen) atoms. The molecule has 82 valence electrons.